The van der Waals surface area contributed by atoms with Crippen LogP contribution in [-0.4, -0.2) is 26.5 Å². The molecule has 3 nitrogen and oxygen atoms in total. The van der Waals surface area contributed by atoms with Crippen LogP contribution in [0.15, 0.2) is 18.2 Å². The summed E-state index contributed by atoms with van der Waals surface area (Å²) in [6.07, 6.45) is 1.49. The number of hydrogen-bond acceptors (Lipinski definition) is 3. The van der Waals surface area contributed by atoms with E-state index in [1.807, 2.05) is 6.07 Å². The number of benzene rings is 1. The second-order valence-corrected chi connectivity index (χ2v) is 3.09. The van der Waals surface area contributed by atoms with E-state index in [2.05, 4.69) is 5.32 Å². The SMILES string of the molecule is COc1ccc(CCNCC=O)cc1F. The molecule has 0 aliphatic heterocycles. The quantitative estimate of drug-likeness (QED) is 0.567. The molecule has 4 heteroatoms. The summed E-state index contributed by atoms with van der Waals surface area (Å²) in [7, 11) is 1.43. The molecule has 1 N–H and O–H groups in total. The van der Waals surface area contributed by atoms with E-state index < -0.39 is 0 Å². The molecule has 0 aliphatic rings. The molecule has 0 aromatic heterocycles. The highest BCUT2D eigenvalue weighted by molar-refractivity contribution is 5.51. The van der Waals surface area contributed by atoms with Crippen LogP contribution < -0.4 is 10.1 Å². The van der Waals surface area contributed by atoms with Crippen molar-refractivity contribution in [3.8, 4) is 5.75 Å². The molecule has 0 heterocycles. The minimum atomic E-state index is -0.356. The average Bonchev–Trinajstić information content (AvgIpc) is 2.25. The Morgan fingerprint density at radius 1 is 1.53 bits per heavy atom. The number of halogens is 1. The third-order valence-corrected chi connectivity index (χ3v) is 2.03. The molecule has 0 saturated heterocycles. The molecule has 1 aromatic rings. The molecule has 0 atom stereocenters. The van der Waals surface area contributed by atoms with Crippen LogP contribution in [0.4, 0.5) is 4.39 Å². The summed E-state index contributed by atoms with van der Waals surface area (Å²) in [5.41, 5.74) is 0.881. The van der Waals surface area contributed by atoms with Gasteiger partial charge in [-0.3, -0.25) is 0 Å². The van der Waals surface area contributed by atoms with E-state index in [0.29, 0.717) is 19.5 Å². The summed E-state index contributed by atoms with van der Waals surface area (Å²) in [5, 5.41) is 2.91. The first-order valence-electron chi connectivity index (χ1n) is 4.74. The number of hydrogen-bond donors (Lipinski definition) is 1. The topological polar surface area (TPSA) is 38.3 Å². The summed E-state index contributed by atoms with van der Waals surface area (Å²) in [4.78, 5) is 10.0. The van der Waals surface area contributed by atoms with Gasteiger partial charge in [0.05, 0.1) is 13.7 Å². The Labute approximate surface area is 88.2 Å². The fourth-order valence-electron chi connectivity index (χ4n) is 1.26. The van der Waals surface area contributed by atoms with Crippen molar-refractivity contribution in [1.82, 2.24) is 5.32 Å². The zero-order valence-corrected chi connectivity index (χ0v) is 8.63. The highest BCUT2D eigenvalue weighted by Gasteiger charge is 2.02. The summed E-state index contributed by atoms with van der Waals surface area (Å²) in [6, 6.07) is 4.86. The lowest BCUT2D eigenvalue weighted by Gasteiger charge is -2.05. The van der Waals surface area contributed by atoms with Crippen LogP contribution in [0.5, 0.6) is 5.75 Å². The van der Waals surface area contributed by atoms with Crippen LogP contribution in [0.25, 0.3) is 0 Å². The van der Waals surface area contributed by atoms with Crippen molar-refractivity contribution in [2.75, 3.05) is 20.2 Å². The van der Waals surface area contributed by atoms with Gasteiger partial charge in [0.25, 0.3) is 0 Å². The van der Waals surface area contributed by atoms with E-state index in [4.69, 9.17) is 4.74 Å². The standard InChI is InChI=1S/C11H14FNO2/c1-15-11-3-2-9(8-10(11)12)4-5-13-6-7-14/h2-3,7-8,13H,4-6H2,1H3. The van der Waals surface area contributed by atoms with Gasteiger partial charge in [0, 0.05) is 0 Å². The minimum Gasteiger partial charge on any atom is -0.494 e. The number of nitrogens with one attached hydrogen (secondary N) is 1. The maximum absolute atomic E-state index is 13.2. The van der Waals surface area contributed by atoms with Gasteiger partial charge in [0.2, 0.25) is 0 Å². The van der Waals surface area contributed by atoms with Gasteiger partial charge in [-0.2, -0.15) is 0 Å². The lowest BCUT2D eigenvalue weighted by molar-refractivity contribution is -0.107. The third-order valence-electron chi connectivity index (χ3n) is 2.03. The predicted octanol–water partition coefficient (Wildman–Crippen LogP) is 1.17. The van der Waals surface area contributed by atoms with Gasteiger partial charge in [0.1, 0.15) is 6.29 Å². The summed E-state index contributed by atoms with van der Waals surface area (Å²) in [5.74, 6) is -0.106. The molecule has 1 aromatic carbocycles. The summed E-state index contributed by atoms with van der Waals surface area (Å²) >= 11 is 0. The highest BCUT2D eigenvalue weighted by Crippen LogP contribution is 2.17. The Kier molecular flexibility index (Phi) is 4.77. The number of rotatable bonds is 6. The van der Waals surface area contributed by atoms with Crippen molar-refractivity contribution in [2.24, 2.45) is 0 Å². The van der Waals surface area contributed by atoms with E-state index in [1.54, 1.807) is 6.07 Å². The van der Waals surface area contributed by atoms with Gasteiger partial charge in [0.15, 0.2) is 11.6 Å². The van der Waals surface area contributed by atoms with Crippen molar-refractivity contribution < 1.29 is 13.9 Å². The van der Waals surface area contributed by atoms with Crippen LogP contribution in [0.1, 0.15) is 5.56 Å². The molecule has 0 bridgehead atoms. The first-order chi connectivity index (χ1) is 7.27. The van der Waals surface area contributed by atoms with Gasteiger partial charge < -0.3 is 14.8 Å². The Morgan fingerprint density at radius 2 is 2.33 bits per heavy atom. The molecule has 0 amide bonds. The largest absolute Gasteiger partial charge is 0.494 e. The molecular weight excluding hydrogens is 197 g/mol. The van der Waals surface area contributed by atoms with Crippen molar-refractivity contribution in [3.63, 3.8) is 0 Å². The van der Waals surface area contributed by atoms with Gasteiger partial charge in [-0.05, 0) is 30.7 Å². The molecule has 0 fully saturated rings. The number of ether oxygens (including phenoxy) is 1. The number of methoxy groups -OCH3 is 1. The molecule has 1 rings (SSSR count). The predicted molar refractivity (Wildman–Crippen MR) is 55.6 cm³/mol. The highest BCUT2D eigenvalue weighted by atomic mass is 19.1. The zero-order chi connectivity index (χ0) is 11.1. The fourth-order valence-corrected chi connectivity index (χ4v) is 1.26. The maximum atomic E-state index is 13.2. The Balaban J connectivity index is 2.48. The average molecular weight is 211 g/mol. The molecule has 0 unspecified atom stereocenters. The zero-order valence-electron chi connectivity index (χ0n) is 8.63. The smallest absolute Gasteiger partial charge is 0.165 e. The molecule has 15 heavy (non-hydrogen) atoms. The van der Waals surface area contributed by atoms with Crippen molar-refractivity contribution >= 4 is 6.29 Å². The second-order valence-electron chi connectivity index (χ2n) is 3.09. The van der Waals surface area contributed by atoms with Gasteiger partial charge >= 0.3 is 0 Å². The lowest BCUT2D eigenvalue weighted by atomic mass is 10.1. The van der Waals surface area contributed by atoms with E-state index in [-0.39, 0.29) is 11.6 Å². The van der Waals surface area contributed by atoms with Crippen LogP contribution in [-0.2, 0) is 11.2 Å². The second kappa shape index (κ2) is 6.14. The van der Waals surface area contributed by atoms with E-state index in [1.165, 1.54) is 13.2 Å². The Hall–Kier alpha value is -1.42. The molecule has 0 aliphatic carbocycles. The Morgan fingerprint density at radius 3 is 2.93 bits per heavy atom. The van der Waals surface area contributed by atoms with Gasteiger partial charge in [-0.15, -0.1) is 0 Å². The molecular formula is C11H14FNO2. The number of carbonyl (C=O) groups is 1. The van der Waals surface area contributed by atoms with Gasteiger partial charge in [-0.1, -0.05) is 6.07 Å². The third kappa shape index (κ3) is 3.67. The number of aldehydes is 1. The van der Waals surface area contributed by atoms with Crippen LogP contribution >= 0.6 is 0 Å². The molecule has 0 saturated carbocycles. The molecule has 0 spiro atoms. The van der Waals surface area contributed by atoms with E-state index in [0.717, 1.165) is 11.8 Å². The van der Waals surface area contributed by atoms with Crippen molar-refractivity contribution in [1.29, 1.82) is 0 Å². The van der Waals surface area contributed by atoms with E-state index in [9.17, 15) is 9.18 Å². The van der Waals surface area contributed by atoms with Crippen LogP contribution in [0.3, 0.4) is 0 Å². The molecule has 0 radical (unpaired) electrons. The van der Waals surface area contributed by atoms with Crippen LogP contribution in [0, 0.1) is 5.82 Å². The van der Waals surface area contributed by atoms with Crippen molar-refractivity contribution in [3.05, 3.63) is 29.6 Å². The molecule has 82 valence electrons. The van der Waals surface area contributed by atoms with E-state index >= 15 is 0 Å². The maximum Gasteiger partial charge on any atom is 0.165 e. The van der Waals surface area contributed by atoms with Crippen molar-refractivity contribution in [2.45, 2.75) is 6.42 Å². The Bertz CT molecular complexity index is 328. The fraction of sp³-hybridized carbons (Fsp3) is 0.364. The van der Waals surface area contributed by atoms with Crippen LogP contribution in [0.2, 0.25) is 0 Å². The monoisotopic (exact) mass is 211 g/mol. The number of carbonyl (C=O) groups excluding carboxylic acids is 1. The first kappa shape index (κ1) is 11.7. The summed E-state index contributed by atoms with van der Waals surface area (Å²) < 4.78 is 18.0. The summed E-state index contributed by atoms with van der Waals surface area (Å²) in [6.45, 7) is 0.989. The normalized spacial score (nSPS) is 10.0. The first-order valence-corrected chi connectivity index (χ1v) is 4.74. The van der Waals surface area contributed by atoms with Gasteiger partial charge in [-0.25, -0.2) is 4.39 Å². The lowest BCUT2D eigenvalue weighted by Crippen LogP contribution is -2.19. The minimum absolute atomic E-state index is 0.250.